The van der Waals surface area contributed by atoms with Crippen LogP contribution in [0.4, 0.5) is 14.5 Å². The van der Waals surface area contributed by atoms with E-state index in [-0.39, 0.29) is 23.1 Å². The molecule has 1 heterocycles. The third kappa shape index (κ3) is 5.92. The summed E-state index contributed by atoms with van der Waals surface area (Å²) in [5.41, 5.74) is 3.50. The molecular weight excluding hydrogens is 376 g/mol. The van der Waals surface area contributed by atoms with Gasteiger partial charge in [-0.3, -0.25) is 9.48 Å². The summed E-state index contributed by atoms with van der Waals surface area (Å²) in [5, 5.41) is 7.28. The molecule has 0 aliphatic heterocycles. The van der Waals surface area contributed by atoms with E-state index in [1.807, 2.05) is 18.5 Å². The van der Waals surface area contributed by atoms with E-state index in [1.54, 1.807) is 0 Å². The van der Waals surface area contributed by atoms with E-state index in [1.165, 1.54) is 18.2 Å². The van der Waals surface area contributed by atoms with Crippen molar-refractivity contribution in [2.45, 2.75) is 53.7 Å². The van der Waals surface area contributed by atoms with E-state index >= 15 is 0 Å². The van der Waals surface area contributed by atoms with Gasteiger partial charge in [-0.1, -0.05) is 25.4 Å². The van der Waals surface area contributed by atoms with Crippen molar-refractivity contribution in [3.8, 4) is 5.75 Å². The van der Waals surface area contributed by atoms with Crippen LogP contribution in [0.15, 0.2) is 18.2 Å². The van der Waals surface area contributed by atoms with Crippen LogP contribution in [0.1, 0.15) is 37.2 Å². The molecule has 0 radical (unpaired) electrons. The summed E-state index contributed by atoms with van der Waals surface area (Å²) in [7, 11) is 0. The fraction of sp³-hybridized carbons (Fsp3) is 0.474. The lowest BCUT2D eigenvalue weighted by Gasteiger charge is -2.10. The third-order valence-corrected chi connectivity index (χ3v) is 4.40. The van der Waals surface area contributed by atoms with Gasteiger partial charge in [0.1, 0.15) is 5.75 Å². The molecule has 2 aromatic rings. The number of nitrogens with zero attached hydrogens (tertiary/aromatic N) is 2. The number of rotatable bonds is 8. The molecule has 0 fully saturated rings. The molecule has 0 spiro atoms. The van der Waals surface area contributed by atoms with Gasteiger partial charge < -0.3 is 10.1 Å². The summed E-state index contributed by atoms with van der Waals surface area (Å²) in [6.07, 6.45) is 0.851. The Bertz CT molecular complexity index is 806. The Hall–Kier alpha value is -2.15. The Labute approximate surface area is 162 Å². The largest absolute Gasteiger partial charge is 0.433 e. The van der Waals surface area contributed by atoms with Crippen molar-refractivity contribution in [3.05, 3.63) is 40.2 Å². The molecule has 148 valence electrons. The highest BCUT2D eigenvalue weighted by Gasteiger charge is 2.15. The number of aromatic nitrogens is 2. The predicted molar refractivity (Wildman–Crippen MR) is 102 cm³/mol. The summed E-state index contributed by atoms with van der Waals surface area (Å²) >= 11 is 5.89. The highest BCUT2D eigenvalue weighted by molar-refractivity contribution is 6.32. The number of hydrogen-bond donors (Lipinski definition) is 1. The Kier molecular flexibility index (Phi) is 7.18. The maximum atomic E-state index is 12.3. The first-order valence-corrected chi connectivity index (χ1v) is 9.12. The smallest absolute Gasteiger partial charge is 0.387 e. The third-order valence-electron chi connectivity index (χ3n) is 4.10. The van der Waals surface area contributed by atoms with Gasteiger partial charge in [0.15, 0.2) is 0 Å². The quantitative estimate of drug-likeness (QED) is 0.680. The van der Waals surface area contributed by atoms with Crippen molar-refractivity contribution in [2.24, 2.45) is 5.92 Å². The lowest BCUT2D eigenvalue weighted by Crippen LogP contribution is -2.13. The van der Waals surface area contributed by atoms with Crippen LogP contribution in [0, 0.1) is 19.8 Å². The molecular formula is C19H24ClF2N3O2. The van der Waals surface area contributed by atoms with Crippen LogP contribution in [0.25, 0.3) is 0 Å². The number of aryl methyl sites for hydroxylation is 1. The number of alkyl halides is 2. The van der Waals surface area contributed by atoms with E-state index in [2.05, 4.69) is 29.0 Å². The van der Waals surface area contributed by atoms with Crippen molar-refractivity contribution >= 4 is 23.2 Å². The van der Waals surface area contributed by atoms with Crippen LogP contribution in [0.2, 0.25) is 5.02 Å². The summed E-state index contributed by atoms with van der Waals surface area (Å²) in [6.45, 7) is 6.10. The Morgan fingerprint density at radius 2 is 2.04 bits per heavy atom. The number of carbonyl (C=O) groups is 1. The summed E-state index contributed by atoms with van der Waals surface area (Å²) in [4.78, 5) is 12.2. The molecule has 0 aliphatic rings. The maximum Gasteiger partial charge on any atom is 0.387 e. The first-order chi connectivity index (χ1) is 12.7. The van der Waals surface area contributed by atoms with E-state index in [0.717, 1.165) is 23.5 Å². The number of amides is 1. The SMILES string of the molecule is Cc1nn(CC(C)C)c(C)c1CCC(=O)Nc1ccc(OC(F)F)c(Cl)c1. The van der Waals surface area contributed by atoms with Crippen LogP contribution in [0.5, 0.6) is 5.75 Å². The van der Waals surface area contributed by atoms with Gasteiger partial charge >= 0.3 is 6.61 Å². The van der Waals surface area contributed by atoms with E-state index in [0.29, 0.717) is 18.0 Å². The van der Waals surface area contributed by atoms with Gasteiger partial charge in [0.05, 0.1) is 10.7 Å². The van der Waals surface area contributed by atoms with Crippen molar-refractivity contribution in [1.29, 1.82) is 0 Å². The molecule has 27 heavy (non-hydrogen) atoms. The lowest BCUT2D eigenvalue weighted by atomic mass is 10.1. The molecule has 2 rings (SSSR count). The average Bonchev–Trinajstić information content (AvgIpc) is 2.81. The van der Waals surface area contributed by atoms with Crippen LogP contribution < -0.4 is 10.1 Å². The minimum absolute atomic E-state index is 0.00903. The molecule has 0 aliphatic carbocycles. The second-order valence-corrected chi connectivity index (χ2v) is 7.20. The number of benzene rings is 1. The minimum Gasteiger partial charge on any atom is -0.433 e. The molecule has 1 N–H and O–H groups in total. The zero-order valence-electron chi connectivity index (χ0n) is 15.9. The molecule has 0 saturated carbocycles. The number of hydrogen-bond acceptors (Lipinski definition) is 3. The van der Waals surface area contributed by atoms with Crippen molar-refractivity contribution < 1.29 is 18.3 Å². The molecule has 8 heteroatoms. The topological polar surface area (TPSA) is 56.2 Å². The summed E-state index contributed by atoms with van der Waals surface area (Å²) in [5.74, 6) is 0.165. The van der Waals surface area contributed by atoms with Gasteiger partial charge in [0.25, 0.3) is 0 Å². The number of carbonyl (C=O) groups excluding carboxylic acids is 1. The molecule has 1 amide bonds. The highest BCUT2D eigenvalue weighted by atomic mass is 35.5. The fourth-order valence-electron chi connectivity index (χ4n) is 2.85. The van der Waals surface area contributed by atoms with Crippen molar-refractivity contribution in [2.75, 3.05) is 5.32 Å². The van der Waals surface area contributed by atoms with Crippen molar-refractivity contribution in [3.63, 3.8) is 0 Å². The summed E-state index contributed by atoms with van der Waals surface area (Å²) < 4.78 is 30.8. The lowest BCUT2D eigenvalue weighted by molar-refractivity contribution is -0.116. The standard InChI is InChI=1S/C19H24ClF2N3O2/c1-11(2)10-25-13(4)15(12(3)24-25)6-8-18(26)23-14-5-7-17(16(20)9-14)27-19(21)22/h5,7,9,11,19H,6,8,10H2,1-4H3,(H,23,26). The minimum atomic E-state index is -2.95. The average molecular weight is 400 g/mol. The Morgan fingerprint density at radius 1 is 1.33 bits per heavy atom. The van der Waals surface area contributed by atoms with Gasteiger partial charge in [0, 0.05) is 24.3 Å². The molecule has 0 saturated heterocycles. The first-order valence-electron chi connectivity index (χ1n) is 8.74. The van der Waals surface area contributed by atoms with E-state index in [9.17, 15) is 13.6 Å². The monoisotopic (exact) mass is 399 g/mol. The first kappa shape index (κ1) is 21.2. The van der Waals surface area contributed by atoms with Gasteiger partial charge in [-0.15, -0.1) is 0 Å². The normalized spacial score (nSPS) is 11.3. The van der Waals surface area contributed by atoms with E-state index < -0.39 is 6.61 Å². The second-order valence-electron chi connectivity index (χ2n) is 6.80. The molecule has 0 atom stereocenters. The fourth-order valence-corrected chi connectivity index (χ4v) is 3.08. The zero-order valence-corrected chi connectivity index (χ0v) is 16.6. The van der Waals surface area contributed by atoms with Crippen molar-refractivity contribution in [1.82, 2.24) is 9.78 Å². The molecule has 0 unspecified atom stereocenters. The van der Waals surface area contributed by atoms with Crippen LogP contribution in [-0.4, -0.2) is 22.3 Å². The van der Waals surface area contributed by atoms with Gasteiger partial charge in [-0.2, -0.15) is 13.9 Å². The van der Waals surface area contributed by atoms with Gasteiger partial charge in [-0.05, 0) is 49.9 Å². The molecule has 0 bridgehead atoms. The maximum absolute atomic E-state index is 12.3. The number of ether oxygens (including phenoxy) is 1. The van der Waals surface area contributed by atoms with Crippen LogP contribution in [0.3, 0.4) is 0 Å². The Morgan fingerprint density at radius 3 is 2.63 bits per heavy atom. The highest BCUT2D eigenvalue weighted by Crippen LogP contribution is 2.29. The van der Waals surface area contributed by atoms with E-state index in [4.69, 9.17) is 11.6 Å². The second kappa shape index (κ2) is 9.17. The van der Waals surface area contributed by atoms with Gasteiger partial charge in [0.2, 0.25) is 5.91 Å². The predicted octanol–water partition coefficient (Wildman–Crippen LogP) is 4.98. The number of nitrogens with one attached hydrogen (secondary N) is 1. The van der Waals surface area contributed by atoms with Gasteiger partial charge in [-0.25, -0.2) is 0 Å². The molecule has 1 aromatic carbocycles. The number of halogens is 3. The molecule has 5 nitrogen and oxygen atoms in total. The molecule has 1 aromatic heterocycles. The summed E-state index contributed by atoms with van der Waals surface area (Å²) in [6, 6.07) is 4.15. The Balaban J connectivity index is 1.97. The zero-order chi connectivity index (χ0) is 20.1. The van der Waals surface area contributed by atoms with Crippen LogP contribution in [-0.2, 0) is 17.8 Å². The number of anilines is 1. The van der Waals surface area contributed by atoms with Crippen LogP contribution >= 0.6 is 11.6 Å².